The van der Waals surface area contributed by atoms with Crippen LogP contribution in [0.5, 0.6) is 0 Å². The second-order valence-electron chi connectivity index (χ2n) is 6.69. The molecule has 1 aliphatic heterocycles. The van der Waals surface area contributed by atoms with Crippen molar-refractivity contribution in [3.63, 3.8) is 0 Å². The Morgan fingerprint density at radius 2 is 1.69 bits per heavy atom. The van der Waals surface area contributed by atoms with E-state index in [4.69, 9.17) is 0 Å². The number of aromatic amines is 1. The molecule has 2 aromatic carbocycles. The molecule has 4 nitrogen and oxygen atoms in total. The minimum absolute atomic E-state index is 0.0667. The first-order valence-electron chi connectivity index (χ1n) is 8.65. The van der Waals surface area contributed by atoms with Crippen molar-refractivity contribution in [2.75, 3.05) is 0 Å². The van der Waals surface area contributed by atoms with Gasteiger partial charge in [-0.15, -0.1) is 0 Å². The van der Waals surface area contributed by atoms with Gasteiger partial charge in [0.25, 0.3) is 5.91 Å². The molecule has 0 radical (unpaired) electrons. The fourth-order valence-corrected chi connectivity index (χ4v) is 3.76. The Labute approximate surface area is 150 Å². The number of benzene rings is 2. The van der Waals surface area contributed by atoms with E-state index in [1.165, 1.54) is 5.56 Å². The van der Waals surface area contributed by atoms with E-state index >= 15 is 0 Å². The third kappa shape index (κ3) is 2.15. The number of hydrogen-bond donors (Lipinski definition) is 2. The third-order valence-electron chi connectivity index (χ3n) is 5.06. The SMILES string of the molecule is Cc1ccc(C2NC(=O)c3ccccc3-c3ccnc4[nH]cc2c34)cc1. The average molecular weight is 339 g/mol. The van der Waals surface area contributed by atoms with Gasteiger partial charge in [-0.1, -0.05) is 48.0 Å². The van der Waals surface area contributed by atoms with Crippen LogP contribution in [0.4, 0.5) is 0 Å². The molecule has 0 spiro atoms. The van der Waals surface area contributed by atoms with Gasteiger partial charge in [0.1, 0.15) is 5.65 Å². The molecule has 0 saturated heterocycles. The van der Waals surface area contributed by atoms with Crippen molar-refractivity contribution in [2.24, 2.45) is 0 Å². The number of aryl methyl sites for hydroxylation is 1. The number of carbonyl (C=O) groups is 1. The molecule has 26 heavy (non-hydrogen) atoms. The Morgan fingerprint density at radius 1 is 0.923 bits per heavy atom. The minimum atomic E-state index is -0.229. The number of amides is 1. The zero-order valence-electron chi connectivity index (χ0n) is 14.3. The number of carbonyl (C=O) groups excluding carboxylic acids is 1. The van der Waals surface area contributed by atoms with E-state index in [1.807, 2.05) is 36.5 Å². The molecule has 1 aliphatic rings. The standard InChI is InChI=1S/C22H17N3O/c1-13-6-8-14(9-7-13)20-18-12-24-21-19(18)16(10-11-23-21)15-4-2-3-5-17(15)22(26)25-20/h2-12,20H,1H3,(H,23,24)(H,25,26). The molecule has 4 aromatic rings. The van der Waals surface area contributed by atoms with E-state index in [-0.39, 0.29) is 11.9 Å². The van der Waals surface area contributed by atoms with Crippen molar-refractivity contribution < 1.29 is 4.79 Å². The lowest BCUT2D eigenvalue weighted by Gasteiger charge is -2.23. The quantitative estimate of drug-likeness (QED) is 0.541. The molecule has 2 N–H and O–H groups in total. The first kappa shape index (κ1) is 14.9. The van der Waals surface area contributed by atoms with Gasteiger partial charge in [-0.05, 0) is 35.7 Å². The normalized spacial score (nSPS) is 15.9. The van der Waals surface area contributed by atoms with Crippen LogP contribution in [-0.4, -0.2) is 15.9 Å². The van der Waals surface area contributed by atoms with E-state index < -0.39 is 0 Å². The number of rotatable bonds is 1. The van der Waals surface area contributed by atoms with E-state index in [0.29, 0.717) is 5.56 Å². The maximum Gasteiger partial charge on any atom is 0.252 e. The average Bonchev–Trinajstić information content (AvgIpc) is 3.10. The monoisotopic (exact) mass is 339 g/mol. The van der Waals surface area contributed by atoms with E-state index in [0.717, 1.165) is 33.3 Å². The molecule has 2 aromatic heterocycles. The summed E-state index contributed by atoms with van der Waals surface area (Å²) in [5, 5.41) is 4.27. The van der Waals surface area contributed by atoms with Crippen LogP contribution in [0.25, 0.3) is 22.2 Å². The van der Waals surface area contributed by atoms with Gasteiger partial charge in [0.15, 0.2) is 0 Å². The maximum atomic E-state index is 13.0. The van der Waals surface area contributed by atoms with Gasteiger partial charge in [0.05, 0.1) is 6.04 Å². The van der Waals surface area contributed by atoms with Gasteiger partial charge in [-0.25, -0.2) is 4.98 Å². The van der Waals surface area contributed by atoms with Crippen LogP contribution in [0.1, 0.15) is 33.1 Å². The van der Waals surface area contributed by atoms with Crippen molar-refractivity contribution in [1.29, 1.82) is 0 Å². The Bertz CT molecular complexity index is 1140. The summed E-state index contributed by atoms with van der Waals surface area (Å²) >= 11 is 0. The number of fused-ring (bicyclic) bond motifs is 2. The zero-order chi connectivity index (χ0) is 17.7. The number of nitrogens with one attached hydrogen (secondary N) is 2. The molecule has 3 heterocycles. The number of hydrogen-bond acceptors (Lipinski definition) is 2. The highest BCUT2D eigenvalue weighted by Gasteiger charge is 2.27. The van der Waals surface area contributed by atoms with Gasteiger partial charge in [0, 0.05) is 28.9 Å². The predicted octanol–water partition coefficient (Wildman–Crippen LogP) is 4.37. The molecule has 1 amide bonds. The Morgan fingerprint density at radius 3 is 2.50 bits per heavy atom. The van der Waals surface area contributed by atoms with Crippen molar-refractivity contribution in [3.8, 4) is 11.1 Å². The van der Waals surface area contributed by atoms with Crippen LogP contribution in [0.15, 0.2) is 67.0 Å². The number of H-pyrrole nitrogens is 1. The third-order valence-corrected chi connectivity index (χ3v) is 5.06. The summed E-state index contributed by atoms with van der Waals surface area (Å²) < 4.78 is 0. The number of pyridine rings is 1. The molecule has 0 fully saturated rings. The molecule has 1 atom stereocenters. The van der Waals surface area contributed by atoms with Crippen molar-refractivity contribution in [2.45, 2.75) is 13.0 Å². The highest BCUT2D eigenvalue weighted by molar-refractivity contribution is 6.07. The predicted molar refractivity (Wildman–Crippen MR) is 102 cm³/mol. The molecule has 1 unspecified atom stereocenters. The van der Waals surface area contributed by atoms with E-state index in [9.17, 15) is 4.79 Å². The maximum absolute atomic E-state index is 13.0. The number of aromatic nitrogens is 2. The van der Waals surface area contributed by atoms with E-state index in [1.54, 1.807) is 6.20 Å². The highest BCUT2D eigenvalue weighted by atomic mass is 16.1. The van der Waals surface area contributed by atoms with Gasteiger partial charge < -0.3 is 10.3 Å². The lowest BCUT2D eigenvalue weighted by molar-refractivity contribution is 0.0943. The first-order valence-corrected chi connectivity index (χ1v) is 8.65. The summed E-state index contributed by atoms with van der Waals surface area (Å²) in [7, 11) is 0. The van der Waals surface area contributed by atoms with Crippen molar-refractivity contribution >= 4 is 16.9 Å². The Balaban J connectivity index is 1.84. The fraction of sp³-hybridized carbons (Fsp3) is 0.0909. The van der Waals surface area contributed by atoms with Crippen LogP contribution in [-0.2, 0) is 0 Å². The lowest BCUT2D eigenvalue weighted by Crippen LogP contribution is -2.30. The highest BCUT2D eigenvalue weighted by Crippen LogP contribution is 2.38. The largest absolute Gasteiger partial charge is 0.346 e. The Kier molecular flexibility index (Phi) is 3.19. The van der Waals surface area contributed by atoms with Crippen LogP contribution in [0, 0.1) is 6.92 Å². The van der Waals surface area contributed by atoms with Crippen LogP contribution < -0.4 is 5.32 Å². The van der Waals surface area contributed by atoms with Crippen molar-refractivity contribution in [3.05, 3.63) is 89.2 Å². The second kappa shape index (κ2) is 5.56. The lowest BCUT2D eigenvalue weighted by atomic mass is 9.89. The molecule has 0 aliphatic carbocycles. The van der Waals surface area contributed by atoms with Gasteiger partial charge in [-0.3, -0.25) is 4.79 Å². The molecular formula is C22H17N3O. The topological polar surface area (TPSA) is 57.8 Å². The fourth-order valence-electron chi connectivity index (χ4n) is 3.76. The number of nitrogens with zero attached hydrogens (tertiary/aromatic N) is 1. The molecule has 126 valence electrons. The zero-order valence-corrected chi connectivity index (χ0v) is 14.3. The molecule has 0 saturated carbocycles. The van der Waals surface area contributed by atoms with Crippen molar-refractivity contribution in [1.82, 2.24) is 15.3 Å². The smallest absolute Gasteiger partial charge is 0.252 e. The van der Waals surface area contributed by atoms with Gasteiger partial charge >= 0.3 is 0 Å². The molecular weight excluding hydrogens is 322 g/mol. The van der Waals surface area contributed by atoms with Crippen LogP contribution >= 0.6 is 0 Å². The van der Waals surface area contributed by atoms with Crippen LogP contribution in [0.3, 0.4) is 0 Å². The van der Waals surface area contributed by atoms with Crippen LogP contribution in [0.2, 0.25) is 0 Å². The molecule has 4 heteroatoms. The summed E-state index contributed by atoms with van der Waals surface area (Å²) in [5.41, 5.74) is 6.77. The summed E-state index contributed by atoms with van der Waals surface area (Å²) in [5.74, 6) is -0.0667. The van der Waals surface area contributed by atoms with Gasteiger partial charge in [-0.2, -0.15) is 0 Å². The first-order chi connectivity index (χ1) is 12.7. The summed E-state index contributed by atoms with van der Waals surface area (Å²) in [6.07, 6.45) is 3.75. The van der Waals surface area contributed by atoms with Gasteiger partial charge in [0.2, 0.25) is 0 Å². The Hall–Kier alpha value is -3.40. The summed E-state index contributed by atoms with van der Waals surface area (Å²) in [4.78, 5) is 20.8. The summed E-state index contributed by atoms with van der Waals surface area (Å²) in [6, 6.07) is 17.8. The molecule has 0 bridgehead atoms. The minimum Gasteiger partial charge on any atom is -0.346 e. The molecule has 5 rings (SSSR count). The van der Waals surface area contributed by atoms with E-state index in [2.05, 4.69) is 46.5 Å². The summed E-state index contributed by atoms with van der Waals surface area (Å²) in [6.45, 7) is 2.06. The second-order valence-corrected chi connectivity index (χ2v) is 6.69.